The summed E-state index contributed by atoms with van der Waals surface area (Å²) in [4.78, 5) is 0. The van der Waals surface area contributed by atoms with Crippen molar-refractivity contribution in [1.29, 1.82) is 5.26 Å². The molecule has 0 saturated heterocycles. The highest BCUT2D eigenvalue weighted by Gasteiger charge is 2.32. The van der Waals surface area contributed by atoms with Crippen molar-refractivity contribution in [1.82, 2.24) is 0 Å². The first-order valence-corrected chi connectivity index (χ1v) is 5.30. The smallest absolute Gasteiger partial charge is 0.416 e. The lowest BCUT2D eigenvalue weighted by atomic mass is 10.0. The second-order valence-corrected chi connectivity index (χ2v) is 3.52. The van der Waals surface area contributed by atoms with Crippen molar-refractivity contribution in [3.63, 3.8) is 0 Å². The molecule has 0 saturated carbocycles. The third-order valence-corrected chi connectivity index (χ3v) is 2.59. The van der Waals surface area contributed by atoms with E-state index in [2.05, 4.69) is 15.9 Å². The number of hydrogen-bond acceptors (Lipinski definition) is 2. The fourth-order valence-electron chi connectivity index (χ4n) is 1.23. The quantitative estimate of drug-likeness (QED) is 0.782. The molecule has 6 heteroatoms. The summed E-state index contributed by atoms with van der Waals surface area (Å²) in [5.41, 5.74) is -0.445. The Labute approximate surface area is 98.8 Å². The average molecular weight is 294 g/mol. The minimum atomic E-state index is -4.45. The second kappa shape index (κ2) is 4.74. The van der Waals surface area contributed by atoms with Crippen LogP contribution in [-0.2, 0) is 11.5 Å². The monoisotopic (exact) mass is 293 g/mol. The summed E-state index contributed by atoms with van der Waals surface area (Å²) in [7, 11) is 1.23. The van der Waals surface area contributed by atoms with Gasteiger partial charge in [-0.25, -0.2) is 0 Å². The van der Waals surface area contributed by atoms with Crippen LogP contribution in [0.4, 0.5) is 13.2 Å². The Morgan fingerprint density at radius 1 is 1.44 bits per heavy atom. The summed E-state index contributed by atoms with van der Waals surface area (Å²) in [5.74, 6) is -0.0632. The highest BCUT2D eigenvalue weighted by molar-refractivity contribution is 9.08. The van der Waals surface area contributed by atoms with Gasteiger partial charge in [-0.15, -0.1) is 0 Å². The molecule has 86 valence electrons. The van der Waals surface area contributed by atoms with Crippen LogP contribution < -0.4 is 4.74 Å². The molecule has 1 rings (SSSR count). The van der Waals surface area contributed by atoms with E-state index >= 15 is 0 Å². The van der Waals surface area contributed by atoms with Gasteiger partial charge in [0.1, 0.15) is 11.8 Å². The van der Waals surface area contributed by atoms with E-state index in [9.17, 15) is 13.2 Å². The molecule has 0 aliphatic rings. The molecule has 0 atom stereocenters. The van der Waals surface area contributed by atoms with Crippen molar-refractivity contribution in [2.75, 3.05) is 7.11 Å². The highest BCUT2D eigenvalue weighted by Crippen LogP contribution is 2.35. The molecule has 0 radical (unpaired) electrons. The lowest BCUT2D eigenvalue weighted by Gasteiger charge is -2.12. The van der Waals surface area contributed by atoms with Crippen molar-refractivity contribution in [2.45, 2.75) is 11.5 Å². The van der Waals surface area contributed by atoms with Crippen LogP contribution in [0, 0.1) is 11.3 Å². The third-order valence-electron chi connectivity index (χ3n) is 1.99. The predicted molar refractivity (Wildman–Crippen MR) is 55.3 cm³/mol. The Morgan fingerprint density at radius 3 is 2.44 bits per heavy atom. The van der Waals surface area contributed by atoms with E-state index in [1.165, 1.54) is 7.11 Å². The summed E-state index contributed by atoms with van der Waals surface area (Å²) in [6, 6.07) is 3.59. The van der Waals surface area contributed by atoms with Crippen molar-refractivity contribution >= 4 is 15.9 Å². The van der Waals surface area contributed by atoms with Crippen LogP contribution in [0.1, 0.15) is 16.7 Å². The van der Waals surface area contributed by atoms with Gasteiger partial charge < -0.3 is 4.74 Å². The second-order valence-electron chi connectivity index (χ2n) is 2.96. The number of ether oxygens (including phenoxy) is 1. The van der Waals surface area contributed by atoms with Crippen LogP contribution in [0.5, 0.6) is 5.75 Å². The normalized spacial score (nSPS) is 11.0. The molecule has 0 amide bonds. The van der Waals surface area contributed by atoms with E-state index in [0.29, 0.717) is 0 Å². The summed E-state index contributed by atoms with van der Waals surface area (Å²) >= 11 is 3.04. The molecule has 0 bridgehead atoms. The maximum absolute atomic E-state index is 12.5. The Morgan fingerprint density at radius 2 is 2.06 bits per heavy atom. The fourth-order valence-corrected chi connectivity index (χ4v) is 1.67. The zero-order valence-corrected chi connectivity index (χ0v) is 9.82. The number of nitrogens with zero attached hydrogens (tertiary/aromatic N) is 1. The van der Waals surface area contributed by atoms with Crippen LogP contribution >= 0.6 is 15.9 Å². The van der Waals surface area contributed by atoms with E-state index in [1.807, 2.05) is 6.07 Å². The predicted octanol–water partition coefficient (Wildman–Crippen LogP) is 3.48. The van der Waals surface area contributed by atoms with Crippen molar-refractivity contribution in [2.24, 2.45) is 0 Å². The molecule has 0 aliphatic carbocycles. The van der Waals surface area contributed by atoms with Crippen molar-refractivity contribution in [3.8, 4) is 11.8 Å². The number of rotatable bonds is 2. The SMILES string of the molecule is COc1cc(C(F)(F)F)cc(CBr)c1C#N. The van der Waals surface area contributed by atoms with Gasteiger partial charge in [0.25, 0.3) is 0 Å². The number of hydrogen-bond donors (Lipinski definition) is 0. The van der Waals surface area contributed by atoms with Crippen LogP contribution in [0.3, 0.4) is 0 Å². The van der Waals surface area contributed by atoms with Gasteiger partial charge in [0, 0.05) is 5.33 Å². The molecule has 0 aliphatic heterocycles. The van der Waals surface area contributed by atoms with Gasteiger partial charge in [0.05, 0.1) is 18.2 Å². The molecule has 2 nitrogen and oxygen atoms in total. The third kappa shape index (κ3) is 2.47. The first kappa shape index (κ1) is 12.8. The summed E-state index contributed by atoms with van der Waals surface area (Å²) in [5, 5.41) is 8.99. The number of methoxy groups -OCH3 is 1. The number of halogens is 4. The van der Waals surface area contributed by atoms with Gasteiger partial charge in [-0.3, -0.25) is 0 Å². The zero-order valence-electron chi connectivity index (χ0n) is 8.23. The minimum Gasteiger partial charge on any atom is -0.495 e. The molecule has 0 fully saturated rings. The lowest BCUT2D eigenvalue weighted by Crippen LogP contribution is -2.07. The molecule has 0 heterocycles. The highest BCUT2D eigenvalue weighted by atomic mass is 79.9. The Kier molecular flexibility index (Phi) is 3.81. The average Bonchev–Trinajstić information content (AvgIpc) is 2.25. The van der Waals surface area contributed by atoms with E-state index in [1.54, 1.807) is 0 Å². The first-order valence-electron chi connectivity index (χ1n) is 4.18. The van der Waals surface area contributed by atoms with Gasteiger partial charge in [-0.2, -0.15) is 18.4 Å². The minimum absolute atomic E-state index is 0.0632. The maximum Gasteiger partial charge on any atom is 0.416 e. The fraction of sp³-hybridized carbons (Fsp3) is 0.300. The molecule has 0 aromatic heterocycles. The Balaban J connectivity index is 3.45. The molecule has 0 unspecified atom stereocenters. The molecular weight excluding hydrogens is 287 g/mol. The van der Waals surface area contributed by atoms with E-state index in [0.717, 1.165) is 12.1 Å². The molecular formula is C10H7BrF3NO. The van der Waals surface area contributed by atoms with Crippen molar-refractivity contribution < 1.29 is 17.9 Å². The molecule has 16 heavy (non-hydrogen) atoms. The summed E-state index contributed by atoms with van der Waals surface area (Å²) < 4.78 is 42.3. The Hall–Kier alpha value is -1.22. The van der Waals surface area contributed by atoms with E-state index in [4.69, 9.17) is 10.00 Å². The number of alkyl halides is 4. The van der Waals surface area contributed by atoms with E-state index < -0.39 is 11.7 Å². The Bertz CT molecular complexity index is 412. The number of benzene rings is 1. The lowest BCUT2D eigenvalue weighted by molar-refractivity contribution is -0.137. The van der Waals surface area contributed by atoms with Gasteiger partial charge in [0.15, 0.2) is 0 Å². The first-order chi connectivity index (χ1) is 7.43. The number of nitriles is 1. The summed E-state index contributed by atoms with van der Waals surface area (Å²) in [6.07, 6.45) is -4.45. The van der Waals surface area contributed by atoms with Crippen molar-refractivity contribution in [3.05, 3.63) is 28.8 Å². The molecule has 0 N–H and O–H groups in total. The standard InChI is InChI=1S/C10H7BrF3NO/c1-16-9-3-7(10(12,13)14)2-6(4-11)8(9)5-15/h2-3H,4H2,1H3. The molecule has 1 aromatic carbocycles. The summed E-state index contributed by atoms with van der Waals surface area (Å²) in [6.45, 7) is 0. The molecule has 1 aromatic rings. The van der Waals surface area contributed by atoms with Gasteiger partial charge in [-0.1, -0.05) is 15.9 Å². The largest absolute Gasteiger partial charge is 0.495 e. The van der Waals surface area contributed by atoms with Crippen LogP contribution in [0.15, 0.2) is 12.1 Å². The van der Waals surface area contributed by atoms with Gasteiger partial charge >= 0.3 is 6.18 Å². The van der Waals surface area contributed by atoms with Crippen LogP contribution in [0.25, 0.3) is 0 Å². The van der Waals surface area contributed by atoms with Gasteiger partial charge in [0.2, 0.25) is 0 Å². The maximum atomic E-state index is 12.5. The molecule has 0 spiro atoms. The zero-order chi connectivity index (χ0) is 12.3. The van der Waals surface area contributed by atoms with Crippen LogP contribution in [0.2, 0.25) is 0 Å². The van der Waals surface area contributed by atoms with Crippen LogP contribution in [-0.4, -0.2) is 7.11 Å². The van der Waals surface area contributed by atoms with Gasteiger partial charge in [-0.05, 0) is 17.7 Å². The topological polar surface area (TPSA) is 33.0 Å². The van der Waals surface area contributed by atoms with E-state index in [-0.39, 0.29) is 22.2 Å².